The number of ether oxygens (including phenoxy) is 2. The fourth-order valence-electron chi connectivity index (χ4n) is 1.98. The molecule has 0 aliphatic rings. The van der Waals surface area contributed by atoms with Crippen LogP contribution in [-0.4, -0.2) is 24.6 Å². The van der Waals surface area contributed by atoms with Gasteiger partial charge in [-0.1, -0.05) is 29.8 Å². The molecule has 0 aliphatic carbocycles. The van der Waals surface area contributed by atoms with Crippen molar-refractivity contribution in [2.24, 2.45) is 0 Å². The zero-order valence-corrected chi connectivity index (χ0v) is 14.2. The Labute approximate surface area is 145 Å². The van der Waals surface area contributed by atoms with E-state index in [-0.39, 0.29) is 5.56 Å². The quantitative estimate of drug-likeness (QED) is 0.804. The lowest BCUT2D eigenvalue weighted by Gasteiger charge is -2.15. The molecule has 0 saturated carbocycles. The van der Waals surface area contributed by atoms with Gasteiger partial charge in [-0.3, -0.25) is 4.79 Å². The summed E-state index contributed by atoms with van der Waals surface area (Å²) in [7, 11) is 0. The second-order valence-electron chi connectivity index (χ2n) is 4.98. The average Bonchev–Trinajstić information content (AvgIpc) is 2.56. The molecule has 0 bridgehead atoms. The summed E-state index contributed by atoms with van der Waals surface area (Å²) < 4.78 is 10.6. The van der Waals surface area contributed by atoms with Crippen molar-refractivity contribution in [1.29, 1.82) is 0 Å². The van der Waals surface area contributed by atoms with E-state index in [2.05, 4.69) is 5.32 Å². The molecular formula is C18H18ClNO4. The maximum atomic E-state index is 12.2. The normalized spacial score (nSPS) is 11.5. The third-order valence-electron chi connectivity index (χ3n) is 3.16. The van der Waals surface area contributed by atoms with Crippen LogP contribution in [0.15, 0.2) is 48.5 Å². The van der Waals surface area contributed by atoms with Crippen molar-refractivity contribution < 1.29 is 19.1 Å². The summed E-state index contributed by atoms with van der Waals surface area (Å²) >= 11 is 5.84. The van der Waals surface area contributed by atoms with E-state index < -0.39 is 18.0 Å². The Morgan fingerprint density at radius 2 is 1.92 bits per heavy atom. The number of benzene rings is 2. The summed E-state index contributed by atoms with van der Waals surface area (Å²) in [6.07, 6.45) is -0.967. The van der Waals surface area contributed by atoms with Crippen LogP contribution in [-0.2, 0) is 9.53 Å². The minimum Gasteiger partial charge on any atom is -0.492 e. The van der Waals surface area contributed by atoms with Crippen LogP contribution < -0.4 is 10.1 Å². The Hall–Kier alpha value is -2.53. The first-order valence-electron chi connectivity index (χ1n) is 7.50. The molecule has 6 heteroatoms. The summed E-state index contributed by atoms with van der Waals surface area (Å²) in [6, 6.07) is 13.4. The highest BCUT2D eigenvalue weighted by Crippen LogP contribution is 2.24. The van der Waals surface area contributed by atoms with E-state index in [9.17, 15) is 9.59 Å². The molecule has 1 N–H and O–H groups in total. The molecular weight excluding hydrogens is 330 g/mol. The molecule has 0 unspecified atom stereocenters. The van der Waals surface area contributed by atoms with Crippen LogP contribution in [0, 0.1) is 0 Å². The maximum absolute atomic E-state index is 12.2. The Kier molecular flexibility index (Phi) is 6.21. The molecule has 0 aromatic heterocycles. The highest BCUT2D eigenvalue weighted by Gasteiger charge is 2.20. The van der Waals surface area contributed by atoms with Crippen molar-refractivity contribution in [2.75, 3.05) is 11.9 Å². The van der Waals surface area contributed by atoms with E-state index in [1.54, 1.807) is 36.4 Å². The van der Waals surface area contributed by atoms with Gasteiger partial charge < -0.3 is 14.8 Å². The zero-order chi connectivity index (χ0) is 17.5. The van der Waals surface area contributed by atoms with Crippen molar-refractivity contribution in [1.82, 2.24) is 0 Å². The molecule has 0 radical (unpaired) electrons. The SMILES string of the molecule is CCOc1ccccc1NC(=O)[C@H](C)OC(=O)c1cccc(Cl)c1. The Morgan fingerprint density at radius 3 is 2.62 bits per heavy atom. The van der Waals surface area contributed by atoms with Gasteiger partial charge in [-0.25, -0.2) is 4.79 Å². The van der Waals surface area contributed by atoms with Crippen molar-refractivity contribution >= 4 is 29.2 Å². The summed E-state index contributed by atoms with van der Waals surface area (Å²) in [5, 5.41) is 3.12. The van der Waals surface area contributed by atoms with Crippen molar-refractivity contribution in [3.8, 4) is 5.75 Å². The fourth-order valence-corrected chi connectivity index (χ4v) is 2.17. The topological polar surface area (TPSA) is 64.6 Å². The minimum absolute atomic E-state index is 0.289. The van der Waals surface area contributed by atoms with E-state index in [4.69, 9.17) is 21.1 Å². The molecule has 2 aromatic rings. The lowest BCUT2D eigenvalue weighted by atomic mass is 10.2. The largest absolute Gasteiger partial charge is 0.492 e. The number of hydrogen-bond donors (Lipinski definition) is 1. The van der Waals surface area contributed by atoms with Gasteiger partial charge in [-0.05, 0) is 44.2 Å². The molecule has 0 spiro atoms. The predicted octanol–water partition coefficient (Wildman–Crippen LogP) is 3.92. The summed E-state index contributed by atoms with van der Waals surface area (Å²) in [5.74, 6) is -0.502. The number of halogens is 1. The van der Waals surface area contributed by atoms with E-state index in [0.29, 0.717) is 23.1 Å². The molecule has 1 atom stereocenters. The number of para-hydroxylation sites is 2. The van der Waals surface area contributed by atoms with Crippen LogP contribution in [0.25, 0.3) is 0 Å². The van der Waals surface area contributed by atoms with Crippen LogP contribution in [0.5, 0.6) is 5.75 Å². The highest BCUT2D eigenvalue weighted by molar-refractivity contribution is 6.30. The molecule has 1 amide bonds. The zero-order valence-electron chi connectivity index (χ0n) is 13.4. The molecule has 0 fully saturated rings. The summed E-state index contributed by atoms with van der Waals surface area (Å²) in [5.41, 5.74) is 0.812. The molecule has 0 aliphatic heterocycles. The number of hydrogen-bond acceptors (Lipinski definition) is 4. The standard InChI is InChI=1S/C18H18ClNO4/c1-3-23-16-10-5-4-9-15(16)20-17(21)12(2)24-18(22)13-7-6-8-14(19)11-13/h4-12H,3H2,1-2H3,(H,20,21)/t12-/m0/s1. The van der Waals surface area contributed by atoms with E-state index in [1.807, 2.05) is 13.0 Å². The minimum atomic E-state index is -0.967. The van der Waals surface area contributed by atoms with Gasteiger partial charge in [-0.2, -0.15) is 0 Å². The molecule has 0 heterocycles. The molecule has 24 heavy (non-hydrogen) atoms. The van der Waals surface area contributed by atoms with Gasteiger partial charge in [0.2, 0.25) is 0 Å². The van der Waals surface area contributed by atoms with Gasteiger partial charge in [0.25, 0.3) is 5.91 Å². The number of amides is 1. The maximum Gasteiger partial charge on any atom is 0.338 e. The smallest absolute Gasteiger partial charge is 0.338 e. The molecule has 5 nitrogen and oxygen atoms in total. The van der Waals surface area contributed by atoms with Gasteiger partial charge in [0.05, 0.1) is 17.9 Å². The van der Waals surface area contributed by atoms with Crippen LogP contribution in [0.2, 0.25) is 5.02 Å². The van der Waals surface area contributed by atoms with E-state index in [1.165, 1.54) is 13.0 Å². The molecule has 2 rings (SSSR count). The van der Waals surface area contributed by atoms with Crippen LogP contribution in [0.1, 0.15) is 24.2 Å². The van der Waals surface area contributed by atoms with E-state index in [0.717, 1.165) is 0 Å². The van der Waals surface area contributed by atoms with Crippen LogP contribution in [0.4, 0.5) is 5.69 Å². The first-order chi connectivity index (χ1) is 11.5. The number of carbonyl (C=O) groups is 2. The predicted molar refractivity (Wildman–Crippen MR) is 92.6 cm³/mol. The number of carbonyl (C=O) groups excluding carboxylic acids is 2. The van der Waals surface area contributed by atoms with Gasteiger partial charge >= 0.3 is 5.97 Å². The van der Waals surface area contributed by atoms with Crippen molar-refractivity contribution in [2.45, 2.75) is 20.0 Å². The number of anilines is 1. The molecule has 0 saturated heterocycles. The third kappa shape index (κ3) is 4.73. The van der Waals surface area contributed by atoms with Gasteiger partial charge in [0, 0.05) is 5.02 Å². The number of nitrogens with one attached hydrogen (secondary N) is 1. The molecule has 126 valence electrons. The van der Waals surface area contributed by atoms with Gasteiger partial charge in [-0.15, -0.1) is 0 Å². The Morgan fingerprint density at radius 1 is 1.17 bits per heavy atom. The first kappa shape index (κ1) is 17.8. The number of rotatable bonds is 6. The van der Waals surface area contributed by atoms with Crippen molar-refractivity contribution in [3.63, 3.8) is 0 Å². The lowest BCUT2D eigenvalue weighted by Crippen LogP contribution is -2.30. The second kappa shape index (κ2) is 8.36. The van der Waals surface area contributed by atoms with E-state index >= 15 is 0 Å². The third-order valence-corrected chi connectivity index (χ3v) is 3.39. The Bertz CT molecular complexity index is 732. The summed E-state index contributed by atoms with van der Waals surface area (Å²) in [6.45, 7) is 3.83. The van der Waals surface area contributed by atoms with Crippen LogP contribution >= 0.6 is 11.6 Å². The fraction of sp³-hybridized carbons (Fsp3) is 0.222. The number of esters is 1. The average molecular weight is 348 g/mol. The first-order valence-corrected chi connectivity index (χ1v) is 7.88. The molecule has 2 aromatic carbocycles. The van der Waals surface area contributed by atoms with Crippen molar-refractivity contribution in [3.05, 3.63) is 59.1 Å². The van der Waals surface area contributed by atoms with Crippen LogP contribution in [0.3, 0.4) is 0 Å². The Balaban J connectivity index is 2.01. The highest BCUT2D eigenvalue weighted by atomic mass is 35.5. The van der Waals surface area contributed by atoms with Gasteiger partial charge in [0.15, 0.2) is 6.10 Å². The second-order valence-corrected chi connectivity index (χ2v) is 5.41. The lowest BCUT2D eigenvalue weighted by molar-refractivity contribution is -0.123. The summed E-state index contributed by atoms with van der Waals surface area (Å²) in [4.78, 5) is 24.3. The van der Waals surface area contributed by atoms with Gasteiger partial charge in [0.1, 0.15) is 5.75 Å². The monoisotopic (exact) mass is 347 g/mol.